The summed E-state index contributed by atoms with van der Waals surface area (Å²) in [7, 11) is 0. The van der Waals surface area contributed by atoms with Gasteiger partial charge in [0.2, 0.25) is 11.8 Å². The molecule has 2 amide bonds. The van der Waals surface area contributed by atoms with Crippen LogP contribution in [0.2, 0.25) is 0 Å². The first-order chi connectivity index (χ1) is 10.7. The van der Waals surface area contributed by atoms with Gasteiger partial charge in [-0.3, -0.25) is 14.5 Å². The molecule has 0 spiro atoms. The molecule has 1 atom stereocenters. The van der Waals surface area contributed by atoms with E-state index in [1.165, 1.54) is 0 Å². The third-order valence-electron chi connectivity index (χ3n) is 4.31. The van der Waals surface area contributed by atoms with Crippen LogP contribution in [-0.2, 0) is 14.3 Å². The number of nitrogens with zero attached hydrogens (tertiary/aromatic N) is 2. The molecule has 0 aromatic rings. The highest BCUT2D eigenvalue weighted by atomic mass is 16.5. The normalized spacial score (nSPS) is 23.0. The van der Waals surface area contributed by atoms with Crippen LogP contribution in [0.15, 0.2) is 0 Å². The number of unbranched alkanes of at least 4 members (excludes halogenated alkanes) is 1. The van der Waals surface area contributed by atoms with E-state index >= 15 is 0 Å². The van der Waals surface area contributed by atoms with E-state index < -0.39 is 0 Å². The molecule has 7 nitrogen and oxygen atoms in total. The van der Waals surface area contributed by atoms with Crippen molar-refractivity contribution >= 4 is 11.8 Å². The summed E-state index contributed by atoms with van der Waals surface area (Å²) < 4.78 is 5.31. The predicted molar refractivity (Wildman–Crippen MR) is 83.2 cm³/mol. The lowest BCUT2D eigenvalue weighted by Gasteiger charge is -2.28. The molecule has 22 heavy (non-hydrogen) atoms. The first kappa shape index (κ1) is 17.2. The van der Waals surface area contributed by atoms with Crippen molar-refractivity contribution in [3.63, 3.8) is 0 Å². The van der Waals surface area contributed by atoms with Gasteiger partial charge in [0.1, 0.15) is 0 Å². The highest BCUT2D eigenvalue weighted by Gasteiger charge is 2.34. The lowest BCUT2D eigenvalue weighted by atomic mass is 10.1. The van der Waals surface area contributed by atoms with E-state index in [2.05, 4.69) is 10.2 Å². The monoisotopic (exact) mass is 312 g/mol. The quantitative estimate of drug-likeness (QED) is 0.563. The van der Waals surface area contributed by atoms with E-state index in [1.54, 1.807) is 0 Å². The fourth-order valence-corrected chi connectivity index (χ4v) is 2.88. The van der Waals surface area contributed by atoms with Crippen molar-refractivity contribution in [2.75, 3.05) is 59.0 Å². The number of nitrogens with one attached hydrogen (secondary N) is 1. The molecule has 0 saturated carbocycles. The Kier molecular flexibility index (Phi) is 7.08. The molecule has 1 unspecified atom stereocenters. The fourth-order valence-electron chi connectivity index (χ4n) is 2.88. The van der Waals surface area contributed by atoms with Gasteiger partial charge in [-0.25, -0.2) is 0 Å². The number of hydrogen-bond donors (Lipinski definition) is 2. The molecule has 2 heterocycles. The SMILES string of the molecule is NCCCCNC(=O)C1CC(=O)N(CCN2CCOCC2)C1. The smallest absolute Gasteiger partial charge is 0.225 e. The maximum atomic E-state index is 12.1. The number of ether oxygens (including phenoxy) is 1. The highest BCUT2D eigenvalue weighted by molar-refractivity contribution is 5.89. The Labute approximate surface area is 132 Å². The van der Waals surface area contributed by atoms with Crippen molar-refractivity contribution in [2.24, 2.45) is 11.7 Å². The zero-order chi connectivity index (χ0) is 15.8. The van der Waals surface area contributed by atoms with E-state index in [0.29, 0.717) is 32.6 Å². The molecule has 7 heteroatoms. The molecule has 0 radical (unpaired) electrons. The molecule has 3 N–H and O–H groups in total. The average molecular weight is 312 g/mol. The first-order valence-corrected chi connectivity index (χ1v) is 8.26. The minimum atomic E-state index is -0.199. The average Bonchev–Trinajstić information content (AvgIpc) is 2.91. The second kappa shape index (κ2) is 9.07. The van der Waals surface area contributed by atoms with Crippen molar-refractivity contribution in [3.8, 4) is 0 Å². The third kappa shape index (κ3) is 5.23. The molecule has 0 aromatic heterocycles. The fraction of sp³-hybridized carbons (Fsp3) is 0.867. The lowest BCUT2D eigenvalue weighted by Crippen LogP contribution is -2.42. The van der Waals surface area contributed by atoms with Crippen LogP contribution >= 0.6 is 0 Å². The van der Waals surface area contributed by atoms with E-state index in [0.717, 1.165) is 45.7 Å². The van der Waals surface area contributed by atoms with E-state index in [4.69, 9.17) is 10.5 Å². The minimum Gasteiger partial charge on any atom is -0.379 e. The van der Waals surface area contributed by atoms with Crippen molar-refractivity contribution in [1.29, 1.82) is 0 Å². The van der Waals surface area contributed by atoms with Crippen LogP contribution in [0.1, 0.15) is 19.3 Å². The Hall–Kier alpha value is -1.18. The summed E-state index contributed by atoms with van der Waals surface area (Å²) >= 11 is 0. The van der Waals surface area contributed by atoms with Gasteiger partial charge in [0.25, 0.3) is 0 Å². The molecule has 126 valence electrons. The number of amides is 2. The summed E-state index contributed by atoms with van der Waals surface area (Å²) in [6, 6.07) is 0. The number of morpholine rings is 1. The van der Waals surface area contributed by atoms with Crippen LogP contribution in [0.3, 0.4) is 0 Å². The summed E-state index contributed by atoms with van der Waals surface area (Å²) in [5.41, 5.74) is 5.42. The summed E-state index contributed by atoms with van der Waals surface area (Å²) in [6.07, 6.45) is 2.14. The topological polar surface area (TPSA) is 87.9 Å². The number of nitrogens with two attached hydrogens (primary N) is 1. The van der Waals surface area contributed by atoms with Crippen molar-refractivity contribution < 1.29 is 14.3 Å². The molecule has 2 aliphatic heterocycles. The number of carbonyl (C=O) groups excluding carboxylic acids is 2. The van der Waals surface area contributed by atoms with Crippen LogP contribution in [-0.4, -0.2) is 80.6 Å². The maximum Gasteiger partial charge on any atom is 0.225 e. The Morgan fingerprint density at radius 2 is 2.05 bits per heavy atom. The van der Waals surface area contributed by atoms with Gasteiger partial charge < -0.3 is 20.7 Å². The van der Waals surface area contributed by atoms with Gasteiger partial charge in [0, 0.05) is 45.7 Å². The van der Waals surface area contributed by atoms with Crippen molar-refractivity contribution in [1.82, 2.24) is 15.1 Å². The largest absolute Gasteiger partial charge is 0.379 e. The second-order valence-electron chi connectivity index (χ2n) is 5.98. The molecule has 2 rings (SSSR count). The van der Waals surface area contributed by atoms with Crippen LogP contribution in [0.5, 0.6) is 0 Å². The van der Waals surface area contributed by atoms with Crippen LogP contribution in [0, 0.1) is 5.92 Å². The van der Waals surface area contributed by atoms with Gasteiger partial charge in [-0.15, -0.1) is 0 Å². The molecule has 2 fully saturated rings. The number of carbonyl (C=O) groups is 2. The van der Waals surface area contributed by atoms with Crippen LogP contribution in [0.4, 0.5) is 0 Å². The Bertz CT molecular complexity index is 372. The summed E-state index contributed by atoms with van der Waals surface area (Å²) in [5.74, 6) is -0.107. The summed E-state index contributed by atoms with van der Waals surface area (Å²) in [5, 5.41) is 2.91. The van der Waals surface area contributed by atoms with Gasteiger partial charge in [-0.2, -0.15) is 0 Å². The zero-order valence-electron chi connectivity index (χ0n) is 13.3. The highest BCUT2D eigenvalue weighted by Crippen LogP contribution is 2.17. The Morgan fingerprint density at radius 3 is 2.77 bits per heavy atom. The van der Waals surface area contributed by atoms with E-state index in [1.807, 2.05) is 4.90 Å². The van der Waals surface area contributed by atoms with Gasteiger partial charge in [-0.05, 0) is 19.4 Å². The molecule has 0 aliphatic carbocycles. The first-order valence-electron chi connectivity index (χ1n) is 8.26. The second-order valence-corrected chi connectivity index (χ2v) is 5.98. The predicted octanol–water partition coefficient (Wildman–Crippen LogP) is -0.978. The maximum absolute atomic E-state index is 12.1. The molecular weight excluding hydrogens is 284 g/mol. The molecule has 0 bridgehead atoms. The molecular formula is C15H28N4O3. The van der Waals surface area contributed by atoms with Gasteiger partial charge in [0.15, 0.2) is 0 Å². The summed E-state index contributed by atoms with van der Waals surface area (Å²) in [6.45, 7) is 6.78. The lowest BCUT2D eigenvalue weighted by molar-refractivity contribution is -0.129. The third-order valence-corrected chi connectivity index (χ3v) is 4.31. The van der Waals surface area contributed by atoms with Crippen LogP contribution in [0.25, 0.3) is 0 Å². The van der Waals surface area contributed by atoms with Crippen molar-refractivity contribution in [3.05, 3.63) is 0 Å². The van der Waals surface area contributed by atoms with Gasteiger partial charge >= 0.3 is 0 Å². The number of rotatable bonds is 8. The van der Waals surface area contributed by atoms with Gasteiger partial charge in [0.05, 0.1) is 19.1 Å². The van der Waals surface area contributed by atoms with Gasteiger partial charge in [-0.1, -0.05) is 0 Å². The number of hydrogen-bond acceptors (Lipinski definition) is 5. The standard InChI is InChI=1S/C15H28N4O3/c16-3-1-2-4-17-15(21)13-11-14(20)19(12-13)6-5-18-7-9-22-10-8-18/h13H,1-12,16H2,(H,17,21). The van der Waals surface area contributed by atoms with Crippen molar-refractivity contribution in [2.45, 2.75) is 19.3 Å². The minimum absolute atomic E-state index is 0.000700. The van der Waals surface area contributed by atoms with Crippen LogP contribution < -0.4 is 11.1 Å². The molecule has 2 saturated heterocycles. The molecule has 2 aliphatic rings. The number of likely N-dealkylation sites (tertiary alicyclic amines) is 1. The van der Waals surface area contributed by atoms with E-state index in [-0.39, 0.29) is 17.7 Å². The van der Waals surface area contributed by atoms with E-state index in [9.17, 15) is 9.59 Å². The zero-order valence-corrected chi connectivity index (χ0v) is 13.3. The Morgan fingerprint density at radius 1 is 1.27 bits per heavy atom. The summed E-state index contributed by atoms with van der Waals surface area (Å²) in [4.78, 5) is 28.2. The molecule has 0 aromatic carbocycles. The Balaban J connectivity index is 1.67.